The number of aromatic nitrogens is 2. The summed E-state index contributed by atoms with van der Waals surface area (Å²) in [7, 11) is -3.56. The maximum Gasteiger partial charge on any atom is 0.265 e. The quantitative estimate of drug-likeness (QED) is 0.326. The number of hydrogen-bond acceptors (Lipinski definition) is 4. The smallest absolute Gasteiger partial charge is 0.265 e. The third kappa shape index (κ3) is 4.91. The Morgan fingerprint density at radius 3 is 2.41 bits per heavy atom. The minimum Gasteiger partial charge on any atom is -0.364 e. The average Bonchev–Trinajstić information content (AvgIpc) is 3.22. The summed E-state index contributed by atoms with van der Waals surface area (Å²) in [6.07, 6.45) is 4.29. The van der Waals surface area contributed by atoms with Crippen molar-refractivity contribution >= 4 is 32.5 Å². The number of carbonyl (C=O) groups excluding carboxylic acids is 1. The summed E-state index contributed by atoms with van der Waals surface area (Å²) in [4.78, 5) is 16.6. The van der Waals surface area contributed by atoms with Gasteiger partial charge in [-0.15, -0.1) is 0 Å². The zero-order chi connectivity index (χ0) is 26.3. The van der Waals surface area contributed by atoms with Crippen LogP contribution in [0, 0.1) is 11.6 Å². The Balaban J connectivity index is 1.82. The number of carbonyl (C=O) groups is 1. The third-order valence-electron chi connectivity index (χ3n) is 5.77. The van der Waals surface area contributed by atoms with Crippen LogP contribution in [-0.2, 0) is 10.0 Å². The van der Waals surface area contributed by atoms with Crippen LogP contribution < -0.4 is 10.5 Å². The number of hydrogen-bond donors (Lipinski definition) is 2. The van der Waals surface area contributed by atoms with Crippen LogP contribution in [0.1, 0.15) is 10.5 Å². The molecule has 0 saturated heterocycles. The van der Waals surface area contributed by atoms with E-state index in [1.165, 1.54) is 6.07 Å². The number of fused-ring (bicyclic) bond motifs is 1. The molecule has 2 aromatic heterocycles. The van der Waals surface area contributed by atoms with Gasteiger partial charge in [0.15, 0.2) is 0 Å². The van der Waals surface area contributed by atoms with Crippen LogP contribution >= 0.6 is 0 Å². The molecule has 3 aromatic carbocycles. The standard InChI is InChI=1S/C27H20F2N4O3S/c1-37(35,36)32-21-6-4-16-12-26(27(30)34)33(25(16)14-21)22-10-18(17-3-2-8-31-15-17)9-19(11-22)23-7-5-20(28)13-24(23)29/h2-15,32H,1H3,(H2,30,34). The maximum absolute atomic E-state index is 14.8. The fraction of sp³-hybridized carbons (Fsp3) is 0.0370. The normalized spacial score (nSPS) is 11.5. The van der Waals surface area contributed by atoms with Gasteiger partial charge in [0.1, 0.15) is 17.3 Å². The van der Waals surface area contributed by atoms with Gasteiger partial charge in [-0.25, -0.2) is 17.2 Å². The van der Waals surface area contributed by atoms with Gasteiger partial charge in [0.25, 0.3) is 5.91 Å². The van der Waals surface area contributed by atoms with Gasteiger partial charge in [-0.1, -0.05) is 12.1 Å². The molecular formula is C27H20F2N4O3S. The van der Waals surface area contributed by atoms with E-state index < -0.39 is 27.6 Å². The first kappa shape index (κ1) is 24.1. The first-order chi connectivity index (χ1) is 17.6. The summed E-state index contributed by atoms with van der Waals surface area (Å²) in [6.45, 7) is 0. The zero-order valence-electron chi connectivity index (χ0n) is 19.4. The molecule has 0 saturated carbocycles. The number of rotatable bonds is 6. The second-order valence-corrected chi connectivity index (χ2v) is 10.3. The van der Waals surface area contributed by atoms with Crippen LogP contribution in [0.3, 0.4) is 0 Å². The lowest BCUT2D eigenvalue weighted by Crippen LogP contribution is -2.16. The fourth-order valence-corrected chi connectivity index (χ4v) is 4.81. The van der Waals surface area contributed by atoms with E-state index in [0.717, 1.165) is 24.0 Å². The van der Waals surface area contributed by atoms with Crippen molar-refractivity contribution in [3.63, 3.8) is 0 Å². The van der Waals surface area contributed by atoms with Gasteiger partial charge in [-0.05, 0) is 65.7 Å². The molecule has 0 aliphatic heterocycles. The largest absolute Gasteiger partial charge is 0.364 e. The van der Waals surface area contributed by atoms with E-state index in [0.29, 0.717) is 33.4 Å². The molecule has 7 nitrogen and oxygen atoms in total. The molecule has 0 fully saturated rings. The number of pyridine rings is 1. The molecule has 0 atom stereocenters. The van der Waals surface area contributed by atoms with Crippen molar-refractivity contribution in [2.75, 3.05) is 11.0 Å². The Bertz CT molecular complexity index is 1790. The SMILES string of the molecule is CS(=O)(=O)Nc1ccc2cc(C(N)=O)n(-c3cc(-c4cccnc4)cc(-c4ccc(F)cc4F)c3)c2c1. The highest BCUT2D eigenvalue weighted by Gasteiger charge is 2.18. The number of nitrogens with one attached hydrogen (secondary N) is 1. The van der Waals surface area contributed by atoms with Crippen molar-refractivity contribution in [3.8, 4) is 27.9 Å². The molecule has 186 valence electrons. The van der Waals surface area contributed by atoms with E-state index in [4.69, 9.17) is 5.73 Å². The van der Waals surface area contributed by atoms with Crippen molar-refractivity contribution < 1.29 is 22.0 Å². The van der Waals surface area contributed by atoms with Gasteiger partial charge < -0.3 is 10.3 Å². The Labute approximate surface area is 211 Å². The van der Waals surface area contributed by atoms with Crippen LogP contribution in [-0.4, -0.2) is 30.1 Å². The minimum absolute atomic E-state index is 0.139. The van der Waals surface area contributed by atoms with E-state index in [1.54, 1.807) is 65.5 Å². The lowest BCUT2D eigenvalue weighted by molar-refractivity contribution is 0.0994. The van der Waals surface area contributed by atoms with Gasteiger partial charge in [0.2, 0.25) is 10.0 Å². The summed E-state index contributed by atoms with van der Waals surface area (Å²) < 4.78 is 56.1. The topological polar surface area (TPSA) is 107 Å². The number of nitrogens with two attached hydrogens (primary N) is 1. The predicted octanol–water partition coefficient (Wildman–Crippen LogP) is 5.11. The Morgan fingerprint density at radius 2 is 1.73 bits per heavy atom. The highest BCUT2D eigenvalue weighted by molar-refractivity contribution is 7.92. The molecule has 2 heterocycles. The lowest BCUT2D eigenvalue weighted by atomic mass is 9.98. The van der Waals surface area contributed by atoms with Crippen LogP contribution in [0.15, 0.2) is 85.2 Å². The number of nitrogens with zero attached hydrogens (tertiary/aromatic N) is 2. The predicted molar refractivity (Wildman–Crippen MR) is 139 cm³/mol. The second kappa shape index (κ2) is 9.14. The zero-order valence-corrected chi connectivity index (χ0v) is 20.3. The third-order valence-corrected chi connectivity index (χ3v) is 6.38. The van der Waals surface area contributed by atoms with Crippen molar-refractivity contribution in [2.24, 2.45) is 5.73 Å². The number of sulfonamides is 1. The Kier molecular flexibility index (Phi) is 5.96. The highest BCUT2D eigenvalue weighted by atomic mass is 32.2. The van der Waals surface area contributed by atoms with Crippen molar-refractivity contribution in [3.05, 3.63) is 103 Å². The Morgan fingerprint density at radius 1 is 0.946 bits per heavy atom. The van der Waals surface area contributed by atoms with Gasteiger partial charge in [-0.2, -0.15) is 0 Å². The minimum atomic E-state index is -3.56. The first-order valence-electron chi connectivity index (χ1n) is 11.0. The number of primary amides is 1. The maximum atomic E-state index is 14.8. The molecule has 37 heavy (non-hydrogen) atoms. The number of amides is 1. The van der Waals surface area contributed by atoms with Crippen molar-refractivity contribution in [1.29, 1.82) is 0 Å². The molecule has 0 unspecified atom stereocenters. The summed E-state index contributed by atoms with van der Waals surface area (Å²) in [5.74, 6) is -2.17. The summed E-state index contributed by atoms with van der Waals surface area (Å²) in [6, 6.07) is 18.5. The summed E-state index contributed by atoms with van der Waals surface area (Å²) in [5.41, 5.74) is 9.07. The van der Waals surface area contributed by atoms with Crippen LogP contribution in [0.5, 0.6) is 0 Å². The molecule has 0 spiro atoms. The van der Waals surface area contributed by atoms with Gasteiger partial charge in [-0.3, -0.25) is 14.5 Å². The van der Waals surface area contributed by atoms with Gasteiger partial charge in [0.05, 0.1) is 17.5 Å². The molecular weight excluding hydrogens is 498 g/mol. The average molecular weight is 519 g/mol. The lowest BCUT2D eigenvalue weighted by Gasteiger charge is -2.15. The van der Waals surface area contributed by atoms with E-state index in [-0.39, 0.29) is 11.3 Å². The van der Waals surface area contributed by atoms with Crippen molar-refractivity contribution in [1.82, 2.24) is 9.55 Å². The number of halogens is 2. The van der Waals surface area contributed by atoms with E-state index in [1.807, 2.05) is 6.07 Å². The van der Waals surface area contributed by atoms with Gasteiger partial charge >= 0.3 is 0 Å². The van der Waals surface area contributed by atoms with E-state index in [2.05, 4.69) is 9.71 Å². The van der Waals surface area contributed by atoms with Crippen LogP contribution in [0.4, 0.5) is 14.5 Å². The number of benzene rings is 3. The highest BCUT2D eigenvalue weighted by Crippen LogP contribution is 2.34. The first-order valence-corrected chi connectivity index (χ1v) is 12.9. The summed E-state index contributed by atoms with van der Waals surface area (Å²) >= 11 is 0. The molecule has 0 aliphatic carbocycles. The molecule has 5 aromatic rings. The molecule has 3 N–H and O–H groups in total. The van der Waals surface area contributed by atoms with Crippen molar-refractivity contribution in [2.45, 2.75) is 0 Å². The molecule has 0 aliphatic rings. The summed E-state index contributed by atoms with van der Waals surface area (Å²) in [5, 5.41) is 0.633. The second-order valence-electron chi connectivity index (χ2n) is 8.51. The molecule has 10 heteroatoms. The van der Waals surface area contributed by atoms with E-state index in [9.17, 15) is 22.0 Å². The molecule has 5 rings (SSSR count). The molecule has 0 radical (unpaired) electrons. The number of anilines is 1. The van der Waals surface area contributed by atoms with Crippen LogP contribution in [0.25, 0.3) is 38.8 Å². The van der Waals surface area contributed by atoms with Gasteiger partial charge in [0, 0.05) is 40.7 Å². The fourth-order valence-electron chi connectivity index (χ4n) is 4.26. The Hall–Kier alpha value is -4.57. The molecule has 1 amide bonds. The molecule has 0 bridgehead atoms. The van der Waals surface area contributed by atoms with E-state index >= 15 is 0 Å². The van der Waals surface area contributed by atoms with Crippen LogP contribution in [0.2, 0.25) is 0 Å². The monoisotopic (exact) mass is 518 g/mol.